The average molecular weight is 515 g/mol. The largest absolute Gasteiger partial charge is 0.446 e. The van der Waals surface area contributed by atoms with Gasteiger partial charge in [-0.1, -0.05) is 24.3 Å². The van der Waals surface area contributed by atoms with Crippen molar-refractivity contribution in [2.45, 2.75) is 51.4 Å². The van der Waals surface area contributed by atoms with E-state index < -0.39 is 5.91 Å². The molecule has 3 aromatic rings. The highest BCUT2D eigenvalue weighted by molar-refractivity contribution is 5.92. The molecule has 1 aromatic heterocycles. The second-order valence-electron chi connectivity index (χ2n) is 11.3. The number of anilines is 1. The molecule has 2 aliphatic heterocycles. The number of hydrogen-bond donors (Lipinski definition) is 1. The van der Waals surface area contributed by atoms with Crippen LogP contribution in [0, 0.1) is 5.41 Å². The maximum absolute atomic E-state index is 13.1. The Morgan fingerprint density at radius 3 is 2.42 bits per heavy atom. The summed E-state index contributed by atoms with van der Waals surface area (Å²) < 4.78 is 5.94. The molecule has 2 aromatic carbocycles. The van der Waals surface area contributed by atoms with Crippen molar-refractivity contribution >= 4 is 28.9 Å². The topological polar surface area (TPSA) is 105 Å². The molecular weight excluding hydrogens is 480 g/mol. The van der Waals surface area contributed by atoms with E-state index in [0.717, 1.165) is 49.3 Å². The number of carbonyl (C=O) groups is 2. The van der Waals surface area contributed by atoms with Gasteiger partial charge in [-0.15, -0.1) is 0 Å². The van der Waals surface area contributed by atoms with Crippen LogP contribution in [-0.2, 0) is 11.3 Å². The zero-order valence-electron chi connectivity index (χ0n) is 21.9. The highest BCUT2D eigenvalue weighted by atomic mass is 16.6. The van der Waals surface area contributed by atoms with E-state index in [1.807, 2.05) is 47.5 Å². The molecule has 1 saturated carbocycles. The number of benzene rings is 2. The average Bonchev–Trinajstić information content (AvgIpc) is 2.87. The molecule has 0 unspecified atom stereocenters. The second-order valence-corrected chi connectivity index (χ2v) is 11.3. The monoisotopic (exact) mass is 514 g/mol. The zero-order chi connectivity index (χ0) is 26.4. The fourth-order valence-electron chi connectivity index (χ4n) is 6.29. The molecule has 38 heavy (non-hydrogen) atoms. The predicted molar refractivity (Wildman–Crippen MR) is 145 cm³/mol. The van der Waals surface area contributed by atoms with Gasteiger partial charge in [0.15, 0.2) is 0 Å². The molecule has 9 nitrogen and oxygen atoms in total. The first kappa shape index (κ1) is 24.6. The summed E-state index contributed by atoms with van der Waals surface area (Å²) in [4.78, 5) is 40.2. The molecule has 6 rings (SSSR count). The lowest BCUT2D eigenvalue weighted by atomic mass is 9.61. The molecule has 1 aliphatic carbocycles. The molecule has 0 bridgehead atoms. The third kappa shape index (κ3) is 4.67. The highest BCUT2D eigenvalue weighted by Gasteiger charge is 2.54. The standard InChI is InChI=1S/C29H34N6O3/c1-19-15-35(20(2)14-34(19)26-13-31-24-5-3-4-6-25(24)32-26)28(37)38-23-11-29(12-23)17-33(18-29)16-21-7-9-22(10-8-21)27(30)36/h3-10,13,19-20,23H,11-12,14-18H2,1-2H3,(H2,30,36)/t19-,20+/m0/s1. The van der Waals surface area contributed by atoms with Gasteiger partial charge in [-0.25, -0.2) is 9.78 Å². The van der Waals surface area contributed by atoms with Crippen molar-refractivity contribution in [3.05, 3.63) is 65.9 Å². The summed E-state index contributed by atoms with van der Waals surface area (Å²) in [7, 11) is 0. The van der Waals surface area contributed by atoms with Gasteiger partial charge in [-0.3, -0.25) is 14.7 Å². The van der Waals surface area contributed by atoms with Crippen LogP contribution in [0.3, 0.4) is 0 Å². The van der Waals surface area contributed by atoms with Gasteiger partial charge in [0.25, 0.3) is 0 Å². The van der Waals surface area contributed by atoms with Gasteiger partial charge in [0, 0.05) is 55.8 Å². The van der Waals surface area contributed by atoms with Crippen molar-refractivity contribution in [3.63, 3.8) is 0 Å². The number of fused-ring (bicyclic) bond motifs is 1. The summed E-state index contributed by atoms with van der Waals surface area (Å²) in [6.07, 6.45) is 3.45. The van der Waals surface area contributed by atoms with Crippen molar-refractivity contribution in [1.29, 1.82) is 0 Å². The van der Waals surface area contributed by atoms with Crippen LogP contribution >= 0.6 is 0 Å². The molecule has 1 spiro atoms. The summed E-state index contributed by atoms with van der Waals surface area (Å²) in [5.74, 6) is 0.440. The summed E-state index contributed by atoms with van der Waals surface area (Å²) in [5, 5.41) is 0. The summed E-state index contributed by atoms with van der Waals surface area (Å²) in [6.45, 7) is 8.34. The number of rotatable bonds is 5. The number of primary amides is 1. The van der Waals surface area contributed by atoms with Gasteiger partial charge < -0.3 is 20.3 Å². The van der Waals surface area contributed by atoms with E-state index in [1.54, 1.807) is 12.1 Å². The molecule has 3 fully saturated rings. The molecule has 2 atom stereocenters. The van der Waals surface area contributed by atoms with E-state index >= 15 is 0 Å². The Balaban J connectivity index is 0.978. The van der Waals surface area contributed by atoms with Crippen LogP contribution in [0.4, 0.5) is 10.6 Å². The SMILES string of the molecule is C[C@@H]1CN(c2cnc3ccccc3n2)[C@@H](C)CN1C(=O)OC1CC2(C1)CN(Cc1ccc(C(N)=O)cc1)C2. The van der Waals surface area contributed by atoms with Crippen LogP contribution in [-0.4, -0.2) is 76.1 Å². The number of ether oxygens (including phenoxy) is 1. The number of para-hydroxylation sites is 2. The zero-order valence-corrected chi connectivity index (χ0v) is 21.9. The number of nitrogens with zero attached hydrogens (tertiary/aromatic N) is 5. The first-order valence-corrected chi connectivity index (χ1v) is 13.4. The molecule has 2 amide bonds. The number of aromatic nitrogens is 2. The number of carbonyl (C=O) groups excluding carboxylic acids is 2. The Kier molecular flexibility index (Phi) is 6.18. The number of amides is 2. The van der Waals surface area contributed by atoms with Gasteiger partial charge in [0.1, 0.15) is 11.9 Å². The minimum atomic E-state index is -0.403. The first-order valence-electron chi connectivity index (χ1n) is 13.4. The lowest BCUT2D eigenvalue weighted by Gasteiger charge is -2.58. The molecule has 3 heterocycles. The van der Waals surface area contributed by atoms with E-state index in [-0.39, 0.29) is 29.7 Å². The van der Waals surface area contributed by atoms with Crippen molar-refractivity contribution < 1.29 is 14.3 Å². The quantitative estimate of drug-likeness (QED) is 0.556. The third-order valence-electron chi connectivity index (χ3n) is 8.30. The van der Waals surface area contributed by atoms with E-state index in [2.05, 4.69) is 28.6 Å². The van der Waals surface area contributed by atoms with E-state index in [0.29, 0.717) is 18.7 Å². The lowest BCUT2D eigenvalue weighted by Crippen LogP contribution is -2.64. The number of nitrogens with two attached hydrogens (primary N) is 1. The fraction of sp³-hybridized carbons (Fsp3) is 0.448. The van der Waals surface area contributed by atoms with Gasteiger partial charge in [0.05, 0.1) is 17.2 Å². The summed E-state index contributed by atoms with van der Waals surface area (Å²) in [5.41, 5.74) is 9.05. The van der Waals surface area contributed by atoms with Crippen LogP contribution in [0.2, 0.25) is 0 Å². The molecule has 9 heteroatoms. The predicted octanol–water partition coefficient (Wildman–Crippen LogP) is 3.43. The van der Waals surface area contributed by atoms with Gasteiger partial charge >= 0.3 is 6.09 Å². The molecule has 2 saturated heterocycles. The Morgan fingerprint density at radius 1 is 1.00 bits per heavy atom. The van der Waals surface area contributed by atoms with Gasteiger partial charge in [-0.2, -0.15) is 0 Å². The van der Waals surface area contributed by atoms with Crippen molar-refractivity contribution in [3.8, 4) is 0 Å². The molecular formula is C29H34N6O3. The molecule has 2 N–H and O–H groups in total. The van der Waals surface area contributed by atoms with Crippen LogP contribution < -0.4 is 10.6 Å². The van der Waals surface area contributed by atoms with Crippen molar-refractivity contribution in [2.75, 3.05) is 31.1 Å². The van der Waals surface area contributed by atoms with Crippen molar-refractivity contribution in [1.82, 2.24) is 19.8 Å². The molecule has 0 radical (unpaired) electrons. The Morgan fingerprint density at radius 2 is 1.71 bits per heavy atom. The summed E-state index contributed by atoms with van der Waals surface area (Å²) in [6, 6.07) is 15.5. The fourth-order valence-corrected chi connectivity index (χ4v) is 6.29. The van der Waals surface area contributed by atoms with Gasteiger partial charge in [-0.05, 0) is 56.5 Å². The summed E-state index contributed by atoms with van der Waals surface area (Å²) >= 11 is 0. The smallest absolute Gasteiger partial charge is 0.410 e. The van der Waals surface area contributed by atoms with Crippen LogP contribution in [0.5, 0.6) is 0 Å². The van der Waals surface area contributed by atoms with E-state index in [1.165, 1.54) is 5.56 Å². The Hall–Kier alpha value is -3.72. The highest BCUT2D eigenvalue weighted by Crippen LogP contribution is 2.50. The third-order valence-corrected chi connectivity index (χ3v) is 8.30. The molecule has 3 aliphatic rings. The van der Waals surface area contributed by atoms with E-state index in [9.17, 15) is 9.59 Å². The lowest BCUT2D eigenvalue weighted by molar-refractivity contribution is -0.137. The first-order chi connectivity index (χ1) is 18.3. The van der Waals surface area contributed by atoms with Gasteiger partial charge in [0.2, 0.25) is 5.91 Å². The Labute approximate surface area is 222 Å². The minimum Gasteiger partial charge on any atom is -0.446 e. The van der Waals surface area contributed by atoms with Crippen LogP contribution in [0.25, 0.3) is 11.0 Å². The maximum Gasteiger partial charge on any atom is 0.410 e. The van der Waals surface area contributed by atoms with Crippen molar-refractivity contribution in [2.24, 2.45) is 11.1 Å². The van der Waals surface area contributed by atoms with Crippen LogP contribution in [0.15, 0.2) is 54.7 Å². The van der Waals surface area contributed by atoms with E-state index in [4.69, 9.17) is 15.5 Å². The number of likely N-dealkylation sites (tertiary alicyclic amines) is 1. The van der Waals surface area contributed by atoms with Crippen LogP contribution in [0.1, 0.15) is 42.6 Å². The molecule has 198 valence electrons. The number of piperazine rings is 1. The minimum absolute atomic E-state index is 0.00797. The Bertz CT molecular complexity index is 1350. The normalized spacial score (nSPS) is 23.2. The maximum atomic E-state index is 13.1. The number of hydrogen-bond acceptors (Lipinski definition) is 7. The second kappa shape index (κ2) is 9.54.